The lowest BCUT2D eigenvalue weighted by molar-refractivity contribution is -0.956. The second-order valence-electron chi connectivity index (χ2n) is 7.33. The average Bonchev–Trinajstić information content (AvgIpc) is 2.64. The molecule has 2 aromatic rings. The molecule has 0 aliphatic carbocycles. The number of benzene rings is 2. The molecule has 2 aliphatic rings. The van der Waals surface area contributed by atoms with Crippen LogP contribution in [0.4, 0.5) is 0 Å². The van der Waals surface area contributed by atoms with Gasteiger partial charge in [0.2, 0.25) is 0 Å². The van der Waals surface area contributed by atoms with Crippen molar-refractivity contribution in [1.82, 2.24) is 0 Å². The van der Waals surface area contributed by atoms with E-state index in [0.29, 0.717) is 6.04 Å². The van der Waals surface area contributed by atoms with Crippen LogP contribution in [0.3, 0.4) is 0 Å². The van der Waals surface area contributed by atoms with Crippen molar-refractivity contribution in [2.45, 2.75) is 25.4 Å². The van der Waals surface area contributed by atoms with Crippen molar-refractivity contribution >= 4 is 0 Å². The molecule has 2 aliphatic heterocycles. The van der Waals surface area contributed by atoms with Crippen molar-refractivity contribution in [1.29, 1.82) is 0 Å². The summed E-state index contributed by atoms with van der Waals surface area (Å²) < 4.78 is 17.7. The van der Waals surface area contributed by atoms with E-state index in [1.807, 2.05) is 6.07 Å². The molecule has 4 heteroatoms. The van der Waals surface area contributed by atoms with Crippen LogP contribution in [-0.4, -0.2) is 39.4 Å². The van der Waals surface area contributed by atoms with E-state index in [1.165, 1.54) is 22.3 Å². The summed E-state index contributed by atoms with van der Waals surface area (Å²) in [6, 6.07) is 11.3. The molecule has 0 bridgehead atoms. The van der Waals surface area contributed by atoms with Crippen LogP contribution >= 0.6 is 0 Å². The van der Waals surface area contributed by atoms with Gasteiger partial charge in [-0.05, 0) is 35.4 Å². The highest BCUT2D eigenvalue weighted by Crippen LogP contribution is 2.47. The maximum atomic E-state index is 5.71. The summed E-state index contributed by atoms with van der Waals surface area (Å²) in [5, 5.41) is 0. The first kappa shape index (κ1) is 16.3. The van der Waals surface area contributed by atoms with Crippen LogP contribution in [0, 0.1) is 0 Å². The van der Waals surface area contributed by atoms with Crippen LogP contribution in [0.5, 0.6) is 17.2 Å². The Morgan fingerprint density at radius 2 is 1.80 bits per heavy atom. The van der Waals surface area contributed by atoms with Gasteiger partial charge in [-0.1, -0.05) is 6.07 Å². The Morgan fingerprint density at radius 1 is 0.960 bits per heavy atom. The number of hydrogen-bond donors (Lipinski definition) is 0. The summed E-state index contributed by atoms with van der Waals surface area (Å²) in [4.78, 5) is 0. The molecule has 4 rings (SSSR count). The third-order valence-corrected chi connectivity index (χ3v) is 6.03. The van der Waals surface area contributed by atoms with Crippen LogP contribution in [-0.2, 0) is 19.4 Å². The number of nitrogens with zero attached hydrogens (tertiary/aromatic N) is 1. The van der Waals surface area contributed by atoms with Gasteiger partial charge >= 0.3 is 0 Å². The molecule has 0 N–H and O–H groups in total. The SMILES string of the molecule is COc1ccc2c(c1)CC[N+]1(C)Cc3c(ccc(OC)c3OC)CC21. The normalized spacial score (nSPS) is 23.9. The minimum Gasteiger partial charge on any atom is -0.497 e. The van der Waals surface area contributed by atoms with Crippen LogP contribution < -0.4 is 14.2 Å². The maximum absolute atomic E-state index is 5.71. The van der Waals surface area contributed by atoms with Crippen LogP contribution in [0.15, 0.2) is 30.3 Å². The van der Waals surface area contributed by atoms with E-state index in [-0.39, 0.29) is 0 Å². The summed E-state index contributed by atoms with van der Waals surface area (Å²) in [7, 11) is 7.56. The molecule has 0 amide bonds. The lowest BCUT2D eigenvalue weighted by Crippen LogP contribution is -2.53. The average molecular weight is 340 g/mol. The van der Waals surface area contributed by atoms with Gasteiger partial charge in [-0.2, -0.15) is 0 Å². The molecule has 2 atom stereocenters. The summed E-state index contributed by atoms with van der Waals surface area (Å²) in [5.41, 5.74) is 5.58. The number of likely N-dealkylation sites (N-methyl/N-ethyl adjacent to an activating group) is 1. The maximum Gasteiger partial charge on any atom is 0.169 e. The van der Waals surface area contributed by atoms with E-state index < -0.39 is 0 Å². The van der Waals surface area contributed by atoms with Gasteiger partial charge in [0.1, 0.15) is 18.3 Å². The zero-order valence-electron chi connectivity index (χ0n) is 15.5. The monoisotopic (exact) mass is 340 g/mol. The van der Waals surface area contributed by atoms with Crippen molar-refractivity contribution in [3.63, 3.8) is 0 Å². The van der Waals surface area contributed by atoms with Gasteiger partial charge in [0.05, 0.1) is 40.5 Å². The van der Waals surface area contributed by atoms with Crippen molar-refractivity contribution in [2.75, 3.05) is 34.9 Å². The highest BCUT2D eigenvalue weighted by atomic mass is 16.5. The van der Waals surface area contributed by atoms with Crippen molar-refractivity contribution in [3.05, 3.63) is 52.6 Å². The Bertz CT molecular complexity index is 817. The zero-order chi connectivity index (χ0) is 17.6. The van der Waals surface area contributed by atoms with Gasteiger partial charge in [0.15, 0.2) is 11.5 Å². The molecule has 132 valence electrons. The second-order valence-corrected chi connectivity index (χ2v) is 7.33. The Morgan fingerprint density at radius 3 is 2.52 bits per heavy atom. The van der Waals surface area contributed by atoms with Gasteiger partial charge in [0, 0.05) is 18.4 Å². The molecule has 0 aromatic heterocycles. The molecule has 2 unspecified atom stereocenters. The fourth-order valence-corrected chi connectivity index (χ4v) is 4.60. The lowest BCUT2D eigenvalue weighted by Gasteiger charge is -2.49. The first-order valence-corrected chi connectivity index (χ1v) is 8.83. The summed E-state index contributed by atoms with van der Waals surface area (Å²) in [6.45, 7) is 2.11. The van der Waals surface area contributed by atoms with Gasteiger partial charge in [-0.15, -0.1) is 0 Å². The van der Waals surface area contributed by atoms with Crippen molar-refractivity contribution in [2.24, 2.45) is 0 Å². The van der Waals surface area contributed by atoms with Crippen molar-refractivity contribution < 1.29 is 18.7 Å². The molecule has 0 spiro atoms. The highest BCUT2D eigenvalue weighted by Gasteiger charge is 2.44. The molecule has 4 nitrogen and oxygen atoms in total. The molecule has 0 saturated heterocycles. The first-order valence-electron chi connectivity index (χ1n) is 8.83. The molecular formula is C21H26NO3+. The topological polar surface area (TPSA) is 27.7 Å². The fraction of sp³-hybridized carbons (Fsp3) is 0.429. The van der Waals surface area contributed by atoms with Crippen molar-refractivity contribution in [3.8, 4) is 17.2 Å². The second kappa shape index (κ2) is 5.95. The zero-order valence-corrected chi connectivity index (χ0v) is 15.5. The van der Waals surface area contributed by atoms with E-state index in [0.717, 1.165) is 47.7 Å². The van der Waals surface area contributed by atoms with Crippen LogP contribution in [0.25, 0.3) is 0 Å². The number of quaternary nitrogens is 1. The van der Waals surface area contributed by atoms with E-state index in [9.17, 15) is 0 Å². The molecule has 2 heterocycles. The lowest BCUT2D eigenvalue weighted by atomic mass is 9.81. The summed E-state index contributed by atoms with van der Waals surface area (Å²) in [5.74, 6) is 2.68. The van der Waals surface area contributed by atoms with Crippen LogP contribution in [0.1, 0.15) is 28.3 Å². The molecule has 2 aromatic carbocycles. The highest BCUT2D eigenvalue weighted by molar-refractivity contribution is 5.52. The number of ether oxygens (including phenoxy) is 3. The molecular weight excluding hydrogens is 314 g/mol. The van der Waals surface area contributed by atoms with E-state index in [2.05, 4.69) is 31.3 Å². The van der Waals surface area contributed by atoms with Gasteiger partial charge in [-0.25, -0.2) is 0 Å². The van der Waals surface area contributed by atoms with Gasteiger partial charge in [-0.3, -0.25) is 0 Å². The van der Waals surface area contributed by atoms with Gasteiger partial charge < -0.3 is 18.7 Å². The molecule has 25 heavy (non-hydrogen) atoms. The molecule has 0 fully saturated rings. The minimum absolute atomic E-state index is 0.486. The summed E-state index contributed by atoms with van der Waals surface area (Å²) >= 11 is 0. The largest absolute Gasteiger partial charge is 0.497 e. The van der Waals surface area contributed by atoms with Gasteiger partial charge in [0.25, 0.3) is 0 Å². The van der Waals surface area contributed by atoms with E-state index >= 15 is 0 Å². The smallest absolute Gasteiger partial charge is 0.169 e. The third kappa shape index (κ3) is 2.47. The third-order valence-electron chi connectivity index (χ3n) is 6.03. The fourth-order valence-electron chi connectivity index (χ4n) is 4.60. The van der Waals surface area contributed by atoms with E-state index in [4.69, 9.17) is 14.2 Å². The Hall–Kier alpha value is -2.20. The first-order chi connectivity index (χ1) is 12.1. The predicted molar refractivity (Wildman–Crippen MR) is 97.4 cm³/mol. The standard InChI is InChI=1S/C21H26NO3/c1-22-10-9-15-11-16(23-2)6-7-17(15)19(22)12-14-5-8-20(24-3)21(25-4)18(14)13-22/h5-8,11,19H,9-10,12-13H2,1-4H3/q+1. The Labute approximate surface area is 149 Å². The number of rotatable bonds is 3. The molecule has 0 saturated carbocycles. The number of hydrogen-bond acceptors (Lipinski definition) is 3. The Kier molecular flexibility index (Phi) is 3.88. The Balaban J connectivity index is 1.80. The quantitative estimate of drug-likeness (QED) is 0.800. The number of fused-ring (bicyclic) bond motifs is 4. The number of methoxy groups -OCH3 is 3. The summed E-state index contributed by atoms with van der Waals surface area (Å²) in [6.07, 6.45) is 2.12. The minimum atomic E-state index is 0.486. The van der Waals surface area contributed by atoms with E-state index in [1.54, 1.807) is 21.3 Å². The predicted octanol–water partition coefficient (Wildman–Crippen LogP) is 3.51. The molecule has 0 radical (unpaired) electrons. The van der Waals surface area contributed by atoms with Crippen LogP contribution in [0.2, 0.25) is 0 Å².